The average molecular weight is 210 g/mol. The van der Waals surface area contributed by atoms with E-state index >= 15 is 0 Å². The summed E-state index contributed by atoms with van der Waals surface area (Å²) in [5.74, 6) is -0.140. The maximum Gasteiger partial charge on any atom is 0.271 e. The summed E-state index contributed by atoms with van der Waals surface area (Å²) in [6.07, 6.45) is 2.66. The topological polar surface area (TPSA) is 96.2 Å². The van der Waals surface area contributed by atoms with Gasteiger partial charge in [-0.05, 0) is 6.42 Å². The van der Waals surface area contributed by atoms with Gasteiger partial charge >= 0.3 is 0 Å². The van der Waals surface area contributed by atoms with Gasteiger partial charge in [-0.25, -0.2) is 0 Å². The van der Waals surface area contributed by atoms with Crippen LogP contribution >= 0.6 is 0 Å². The molecule has 1 unspecified atom stereocenters. The maximum absolute atomic E-state index is 10.9. The highest BCUT2D eigenvalue weighted by Gasteiger charge is 2.18. The van der Waals surface area contributed by atoms with Gasteiger partial charge in [0.05, 0.1) is 12.3 Å². The second-order valence-corrected chi connectivity index (χ2v) is 3.75. The first kappa shape index (κ1) is 9.97. The van der Waals surface area contributed by atoms with Gasteiger partial charge in [0, 0.05) is 25.3 Å². The summed E-state index contributed by atoms with van der Waals surface area (Å²) in [5.41, 5.74) is 11.2. The fourth-order valence-electron chi connectivity index (χ4n) is 1.71. The van der Waals surface area contributed by atoms with Crippen LogP contribution in [0.15, 0.2) is 6.20 Å². The molecular formula is C9H14N4O2. The Kier molecular flexibility index (Phi) is 2.59. The minimum atomic E-state index is -0.589. The van der Waals surface area contributed by atoms with E-state index in [9.17, 15) is 4.79 Å². The SMILES string of the molecule is NC(=O)c1nn(CC2CCOC2)cc1N. The predicted molar refractivity (Wildman–Crippen MR) is 54.1 cm³/mol. The number of hydrogen-bond donors (Lipinski definition) is 2. The Bertz CT molecular complexity index is 368. The number of amides is 1. The van der Waals surface area contributed by atoms with E-state index in [1.807, 2.05) is 0 Å². The molecule has 1 saturated heterocycles. The third-order valence-electron chi connectivity index (χ3n) is 2.49. The first-order valence-corrected chi connectivity index (χ1v) is 4.87. The van der Waals surface area contributed by atoms with Crippen molar-refractivity contribution in [1.82, 2.24) is 9.78 Å². The van der Waals surface area contributed by atoms with E-state index in [0.29, 0.717) is 11.6 Å². The van der Waals surface area contributed by atoms with E-state index in [1.165, 1.54) is 0 Å². The lowest BCUT2D eigenvalue weighted by molar-refractivity contribution is 0.0995. The molecular weight excluding hydrogens is 196 g/mol. The third kappa shape index (κ3) is 2.10. The quantitative estimate of drug-likeness (QED) is 0.709. The van der Waals surface area contributed by atoms with Gasteiger partial charge in [-0.3, -0.25) is 9.48 Å². The van der Waals surface area contributed by atoms with Gasteiger partial charge in [0.2, 0.25) is 0 Å². The fraction of sp³-hybridized carbons (Fsp3) is 0.556. The van der Waals surface area contributed by atoms with Crippen LogP contribution < -0.4 is 11.5 Å². The van der Waals surface area contributed by atoms with Crippen molar-refractivity contribution in [2.75, 3.05) is 18.9 Å². The standard InChI is InChI=1S/C9H14N4O2/c10-7-4-13(12-8(7)9(11)14)3-6-1-2-15-5-6/h4,6H,1-3,5,10H2,(H2,11,14). The van der Waals surface area contributed by atoms with Gasteiger partial charge in [0.1, 0.15) is 0 Å². The van der Waals surface area contributed by atoms with E-state index in [-0.39, 0.29) is 5.69 Å². The summed E-state index contributed by atoms with van der Waals surface area (Å²) in [5, 5.41) is 4.03. The first-order valence-electron chi connectivity index (χ1n) is 4.87. The molecule has 0 spiro atoms. The monoisotopic (exact) mass is 210 g/mol. The van der Waals surface area contributed by atoms with Crippen molar-refractivity contribution in [3.8, 4) is 0 Å². The van der Waals surface area contributed by atoms with Crippen LogP contribution in [0.25, 0.3) is 0 Å². The summed E-state index contributed by atoms with van der Waals surface area (Å²) in [4.78, 5) is 10.9. The fourth-order valence-corrected chi connectivity index (χ4v) is 1.71. The molecule has 0 aliphatic carbocycles. The molecule has 0 radical (unpaired) electrons. The molecule has 0 bridgehead atoms. The van der Waals surface area contributed by atoms with E-state index in [2.05, 4.69) is 5.10 Å². The van der Waals surface area contributed by atoms with Gasteiger partial charge in [-0.15, -0.1) is 0 Å². The molecule has 1 amide bonds. The molecule has 2 rings (SSSR count). The molecule has 1 aromatic heterocycles. The molecule has 0 saturated carbocycles. The van der Waals surface area contributed by atoms with E-state index < -0.39 is 5.91 Å². The molecule has 2 heterocycles. The molecule has 4 N–H and O–H groups in total. The molecule has 15 heavy (non-hydrogen) atoms. The lowest BCUT2D eigenvalue weighted by atomic mass is 10.1. The second-order valence-electron chi connectivity index (χ2n) is 3.75. The Morgan fingerprint density at radius 2 is 2.53 bits per heavy atom. The van der Waals surface area contributed by atoms with Crippen molar-refractivity contribution in [3.05, 3.63) is 11.9 Å². The van der Waals surface area contributed by atoms with Crippen molar-refractivity contribution in [3.63, 3.8) is 0 Å². The van der Waals surface area contributed by atoms with Gasteiger partial charge < -0.3 is 16.2 Å². The molecule has 1 aliphatic rings. The van der Waals surface area contributed by atoms with Gasteiger partial charge in [-0.1, -0.05) is 0 Å². The summed E-state index contributed by atoms with van der Waals surface area (Å²) < 4.78 is 6.91. The zero-order valence-corrected chi connectivity index (χ0v) is 8.35. The number of anilines is 1. The number of primary amides is 1. The average Bonchev–Trinajstić information content (AvgIpc) is 2.75. The van der Waals surface area contributed by atoms with Crippen LogP contribution in [0.5, 0.6) is 0 Å². The number of aromatic nitrogens is 2. The van der Waals surface area contributed by atoms with Crippen LogP contribution in [0, 0.1) is 5.92 Å². The number of carbonyl (C=O) groups is 1. The lowest BCUT2D eigenvalue weighted by Crippen LogP contribution is -2.15. The number of nitrogens with zero attached hydrogens (tertiary/aromatic N) is 2. The van der Waals surface area contributed by atoms with E-state index in [4.69, 9.17) is 16.2 Å². The largest absolute Gasteiger partial charge is 0.396 e. The van der Waals surface area contributed by atoms with Crippen LogP contribution in [0.3, 0.4) is 0 Å². The normalized spacial score (nSPS) is 20.7. The van der Waals surface area contributed by atoms with Crippen LogP contribution in [-0.2, 0) is 11.3 Å². The minimum absolute atomic E-state index is 0.147. The van der Waals surface area contributed by atoms with E-state index in [1.54, 1.807) is 10.9 Å². The minimum Gasteiger partial charge on any atom is -0.396 e. The number of ether oxygens (including phenoxy) is 1. The number of nitrogen functional groups attached to an aromatic ring is 1. The molecule has 6 heteroatoms. The molecule has 1 fully saturated rings. The van der Waals surface area contributed by atoms with Crippen molar-refractivity contribution in [2.45, 2.75) is 13.0 Å². The molecule has 6 nitrogen and oxygen atoms in total. The number of hydrogen-bond acceptors (Lipinski definition) is 4. The van der Waals surface area contributed by atoms with E-state index in [0.717, 1.165) is 26.2 Å². The number of nitrogens with two attached hydrogens (primary N) is 2. The summed E-state index contributed by atoms with van der Waals surface area (Å²) in [7, 11) is 0. The Morgan fingerprint density at radius 1 is 1.73 bits per heavy atom. The Labute approximate surface area is 87.2 Å². The van der Waals surface area contributed by atoms with Gasteiger partial charge in [0.25, 0.3) is 5.91 Å². The number of rotatable bonds is 3. The molecule has 1 aliphatic heterocycles. The second kappa shape index (κ2) is 3.90. The van der Waals surface area contributed by atoms with Crippen molar-refractivity contribution < 1.29 is 9.53 Å². The van der Waals surface area contributed by atoms with Crippen molar-refractivity contribution in [2.24, 2.45) is 11.7 Å². The molecule has 0 aromatic carbocycles. The van der Waals surface area contributed by atoms with Crippen LogP contribution in [0.2, 0.25) is 0 Å². The highest BCUT2D eigenvalue weighted by Crippen LogP contribution is 2.16. The Hall–Kier alpha value is -1.56. The molecule has 82 valence electrons. The predicted octanol–water partition coefficient (Wildman–Crippen LogP) is -0.399. The summed E-state index contributed by atoms with van der Waals surface area (Å²) >= 11 is 0. The zero-order valence-electron chi connectivity index (χ0n) is 8.35. The third-order valence-corrected chi connectivity index (χ3v) is 2.49. The Morgan fingerprint density at radius 3 is 3.07 bits per heavy atom. The summed E-state index contributed by atoms with van der Waals surface area (Å²) in [6, 6.07) is 0. The maximum atomic E-state index is 10.9. The number of carbonyl (C=O) groups excluding carboxylic acids is 1. The molecule has 1 aromatic rings. The first-order chi connectivity index (χ1) is 7.16. The van der Waals surface area contributed by atoms with Crippen LogP contribution in [0.1, 0.15) is 16.9 Å². The van der Waals surface area contributed by atoms with Crippen molar-refractivity contribution in [1.29, 1.82) is 0 Å². The Balaban J connectivity index is 2.08. The lowest BCUT2D eigenvalue weighted by Gasteiger charge is -2.06. The molecule has 1 atom stereocenters. The highest BCUT2D eigenvalue weighted by molar-refractivity contribution is 5.95. The highest BCUT2D eigenvalue weighted by atomic mass is 16.5. The van der Waals surface area contributed by atoms with Crippen LogP contribution in [-0.4, -0.2) is 28.9 Å². The van der Waals surface area contributed by atoms with Gasteiger partial charge in [0.15, 0.2) is 5.69 Å². The van der Waals surface area contributed by atoms with Crippen molar-refractivity contribution >= 4 is 11.6 Å². The van der Waals surface area contributed by atoms with Crippen LogP contribution in [0.4, 0.5) is 5.69 Å². The van der Waals surface area contributed by atoms with Gasteiger partial charge in [-0.2, -0.15) is 5.10 Å². The zero-order chi connectivity index (χ0) is 10.8. The smallest absolute Gasteiger partial charge is 0.271 e. The summed E-state index contributed by atoms with van der Waals surface area (Å²) in [6.45, 7) is 2.26.